The van der Waals surface area contributed by atoms with Crippen LogP contribution in [0.25, 0.3) is 0 Å². The van der Waals surface area contributed by atoms with Gasteiger partial charge in [0.15, 0.2) is 0 Å². The van der Waals surface area contributed by atoms with Crippen LogP contribution in [0.2, 0.25) is 0 Å². The quantitative estimate of drug-likeness (QED) is 0.847. The van der Waals surface area contributed by atoms with E-state index in [0.717, 1.165) is 6.42 Å². The standard InChI is InChI=1S/C17H15BrN2O/c18-11-16(10-13-4-2-1-3-5-13)20-17(21)15-8-6-14(12-19)7-9-15/h1-9,16H,10-11H2,(H,20,21). The zero-order valence-electron chi connectivity index (χ0n) is 11.4. The molecule has 0 heterocycles. The Bertz CT molecular complexity index is 632. The number of rotatable bonds is 5. The first kappa shape index (κ1) is 15.3. The third-order valence-corrected chi connectivity index (χ3v) is 3.90. The molecule has 0 saturated carbocycles. The summed E-state index contributed by atoms with van der Waals surface area (Å²) in [7, 11) is 0. The lowest BCUT2D eigenvalue weighted by Crippen LogP contribution is -2.37. The minimum Gasteiger partial charge on any atom is -0.348 e. The zero-order chi connectivity index (χ0) is 15.1. The summed E-state index contributed by atoms with van der Waals surface area (Å²) in [4.78, 5) is 12.2. The molecule has 0 bridgehead atoms. The van der Waals surface area contributed by atoms with Crippen molar-refractivity contribution < 1.29 is 4.79 Å². The van der Waals surface area contributed by atoms with Crippen molar-refractivity contribution in [2.45, 2.75) is 12.5 Å². The number of hydrogen-bond acceptors (Lipinski definition) is 2. The van der Waals surface area contributed by atoms with E-state index in [2.05, 4.69) is 21.2 Å². The van der Waals surface area contributed by atoms with E-state index in [1.165, 1.54) is 5.56 Å². The van der Waals surface area contributed by atoms with Crippen LogP contribution >= 0.6 is 15.9 Å². The minimum absolute atomic E-state index is 0.0237. The Morgan fingerprint density at radius 1 is 1.14 bits per heavy atom. The van der Waals surface area contributed by atoms with Gasteiger partial charge in [-0.05, 0) is 36.2 Å². The Balaban J connectivity index is 2.00. The number of hydrogen-bond donors (Lipinski definition) is 1. The summed E-state index contributed by atoms with van der Waals surface area (Å²) in [5.74, 6) is -0.125. The second-order valence-corrected chi connectivity index (χ2v) is 5.35. The molecule has 4 heteroatoms. The SMILES string of the molecule is N#Cc1ccc(C(=O)NC(CBr)Cc2ccccc2)cc1. The van der Waals surface area contributed by atoms with E-state index >= 15 is 0 Å². The van der Waals surface area contributed by atoms with Crippen molar-refractivity contribution in [3.63, 3.8) is 0 Å². The normalized spacial score (nSPS) is 11.4. The summed E-state index contributed by atoms with van der Waals surface area (Å²) in [6.45, 7) is 0. The highest BCUT2D eigenvalue weighted by molar-refractivity contribution is 9.09. The average molecular weight is 343 g/mol. The molecule has 0 spiro atoms. The number of benzene rings is 2. The van der Waals surface area contributed by atoms with E-state index in [-0.39, 0.29) is 11.9 Å². The number of carbonyl (C=O) groups is 1. The average Bonchev–Trinajstić information content (AvgIpc) is 2.55. The number of nitriles is 1. The molecule has 3 nitrogen and oxygen atoms in total. The van der Waals surface area contributed by atoms with Crippen LogP contribution in [0, 0.1) is 11.3 Å². The summed E-state index contributed by atoms with van der Waals surface area (Å²) < 4.78 is 0. The molecule has 106 valence electrons. The highest BCUT2D eigenvalue weighted by Gasteiger charge is 2.13. The van der Waals surface area contributed by atoms with Crippen LogP contribution in [0.4, 0.5) is 0 Å². The third kappa shape index (κ3) is 4.44. The molecule has 1 amide bonds. The van der Waals surface area contributed by atoms with Crippen molar-refractivity contribution in [2.24, 2.45) is 0 Å². The Kier molecular flexibility index (Phi) is 5.53. The van der Waals surface area contributed by atoms with Crippen LogP contribution in [-0.2, 0) is 6.42 Å². The first-order valence-electron chi connectivity index (χ1n) is 6.64. The summed E-state index contributed by atoms with van der Waals surface area (Å²) in [6, 6.07) is 18.7. The van der Waals surface area contributed by atoms with Crippen molar-refractivity contribution in [1.82, 2.24) is 5.32 Å². The predicted molar refractivity (Wildman–Crippen MR) is 86.4 cm³/mol. The molecule has 2 aromatic rings. The lowest BCUT2D eigenvalue weighted by atomic mass is 10.1. The fourth-order valence-corrected chi connectivity index (χ4v) is 2.40. The van der Waals surface area contributed by atoms with Crippen molar-refractivity contribution in [3.8, 4) is 6.07 Å². The molecule has 0 aliphatic heterocycles. The molecule has 1 N–H and O–H groups in total. The van der Waals surface area contributed by atoms with Crippen LogP contribution in [0.3, 0.4) is 0 Å². The van der Waals surface area contributed by atoms with Gasteiger partial charge in [0, 0.05) is 16.9 Å². The van der Waals surface area contributed by atoms with Crippen LogP contribution in [0.15, 0.2) is 54.6 Å². The first-order valence-corrected chi connectivity index (χ1v) is 7.76. The van der Waals surface area contributed by atoms with E-state index in [9.17, 15) is 4.79 Å². The van der Waals surface area contributed by atoms with Crippen LogP contribution in [0.5, 0.6) is 0 Å². The van der Waals surface area contributed by atoms with E-state index in [0.29, 0.717) is 16.5 Å². The Morgan fingerprint density at radius 3 is 2.38 bits per heavy atom. The fourth-order valence-electron chi connectivity index (χ4n) is 2.01. The summed E-state index contributed by atoms with van der Waals surface area (Å²) in [6.07, 6.45) is 0.772. The maximum Gasteiger partial charge on any atom is 0.251 e. The molecule has 1 unspecified atom stereocenters. The lowest BCUT2D eigenvalue weighted by molar-refractivity contribution is 0.0941. The monoisotopic (exact) mass is 342 g/mol. The van der Waals surface area contributed by atoms with Crippen molar-refractivity contribution in [2.75, 3.05) is 5.33 Å². The van der Waals surface area contributed by atoms with Crippen LogP contribution in [0.1, 0.15) is 21.5 Å². The topological polar surface area (TPSA) is 52.9 Å². The van der Waals surface area contributed by atoms with Gasteiger partial charge in [-0.3, -0.25) is 4.79 Å². The van der Waals surface area contributed by atoms with Gasteiger partial charge in [-0.1, -0.05) is 46.3 Å². The molecule has 0 aliphatic rings. The Hall–Kier alpha value is -2.12. The molecular weight excluding hydrogens is 328 g/mol. The van der Waals surface area contributed by atoms with E-state index in [4.69, 9.17) is 5.26 Å². The van der Waals surface area contributed by atoms with Gasteiger partial charge >= 0.3 is 0 Å². The number of nitrogens with one attached hydrogen (secondary N) is 1. The second-order valence-electron chi connectivity index (χ2n) is 4.70. The number of carbonyl (C=O) groups excluding carboxylic acids is 1. The highest BCUT2D eigenvalue weighted by atomic mass is 79.9. The summed E-state index contributed by atoms with van der Waals surface area (Å²) >= 11 is 3.44. The van der Waals surface area contributed by atoms with Gasteiger partial charge in [-0.2, -0.15) is 5.26 Å². The Morgan fingerprint density at radius 2 is 1.81 bits per heavy atom. The van der Waals surface area contributed by atoms with Gasteiger partial charge < -0.3 is 5.32 Å². The molecule has 0 fully saturated rings. The molecule has 21 heavy (non-hydrogen) atoms. The van der Waals surface area contributed by atoms with Crippen molar-refractivity contribution >= 4 is 21.8 Å². The van der Waals surface area contributed by atoms with Crippen molar-refractivity contribution in [3.05, 3.63) is 71.3 Å². The molecule has 0 saturated heterocycles. The molecule has 1 atom stereocenters. The van der Waals surface area contributed by atoms with E-state index in [1.807, 2.05) is 36.4 Å². The summed E-state index contributed by atoms with van der Waals surface area (Å²) in [5.41, 5.74) is 2.29. The largest absolute Gasteiger partial charge is 0.348 e. The molecule has 0 aliphatic carbocycles. The van der Waals surface area contributed by atoms with E-state index < -0.39 is 0 Å². The first-order chi connectivity index (χ1) is 10.2. The number of nitrogens with zero attached hydrogens (tertiary/aromatic N) is 1. The molecule has 2 rings (SSSR count). The van der Waals surface area contributed by atoms with Gasteiger partial charge in [0.05, 0.1) is 11.6 Å². The minimum atomic E-state index is -0.125. The van der Waals surface area contributed by atoms with Gasteiger partial charge in [0.1, 0.15) is 0 Å². The molecule has 0 aromatic heterocycles. The number of amides is 1. The second kappa shape index (κ2) is 7.61. The maximum atomic E-state index is 12.2. The lowest BCUT2D eigenvalue weighted by Gasteiger charge is -2.16. The summed E-state index contributed by atoms with van der Waals surface area (Å²) in [5, 5.41) is 12.4. The maximum absolute atomic E-state index is 12.2. The van der Waals surface area contributed by atoms with Crippen LogP contribution in [-0.4, -0.2) is 17.3 Å². The highest BCUT2D eigenvalue weighted by Crippen LogP contribution is 2.08. The molecule has 2 aromatic carbocycles. The van der Waals surface area contributed by atoms with E-state index in [1.54, 1.807) is 24.3 Å². The Labute approximate surface area is 132 Å². The fraction of sp³-hybridized carbons (Fsp3) is 0.176. The number of halogens is 1. The van der Waals surface area contributed by atoms with Gasteiger partial charge in [0.25, 0.3) is 5.91 Å². The third-order valence-electron chi connectivity index (χ3n) is 3.12. The smallest absolute Gasteiger partial charge is 0.251 e. The van der Waals surface area contributed by atoms with Gasteiger partial charge in [-0.25, -0.2) is 0 Å². The van der Waals surface area contributed by atoms with Gasteiger partial charge in [0.2, 0.25) is 0 Å². The van der Waals surface area contributed by atoms with Crippen molar-refractivity contribution in [1.29, 1.82) is 5.26 Å². The zero-order valence-corrected chi connectivity index (χ0v) is 13.0. The predicted octanol–water partition coefficient (Wildman–Crippen LogP) is 3.29. The molecular formula is C17H15BrN2O. The van der Waals surface area contributed by atoms with Gasteiger partial charge in [-0.15, -0.1) is 0 Å². The van der Waals surface area contributed by atoms with Crippen LogP contribution < -0.4 is 5.32 Å². The molecule has 0 radical (unpaired) electrons. The number of alkyl halides is 1.